The molecule has 0 amide bonds. The van der Waals surface area contributed by atoms with Crippen molar-refractivity contribution in [3.63, 3.8) is 0 Å². The van der Waals surface area contributed by atoms with E-state index in [-0.39, 0.29) is 0 Å². The predicted octanol–water partition coefficient (Wildman–Crippen LogP) is 0.603. The van der Waals surface area contributed by atoms with Gasteiger partial charge in [-0.25, -0.2) is 0 Å². The molecule has 2 N–H and O–H groups in total. The van der Waals surface area contributed by atoms with E-state index in [1.54, 1.807) is 4.68 Å². The Hall–Kier alpha value is -1.19. The van der Waals surface area contributed by atoms with Crippen LogP contribution in [0, 0.1) is 0 Å². The lowest BCUT2D eigenvalue weighted by Crippen LogP contribution is -2.18. The first-order chi connectivity index (χ1) is 5.77. The summed E-state index contributed by atoms with van der Waals surface area (Å²) in [6, 6.07) is 1.94. The minimum absolute atomic E-state index is 0.733. The molecule has 1 fully saturated rings. The Morgan fingerprint density at radius 3 is 2.58 bits per heavy atom. The molecule has 0 bridgehead atoms. The van der Waals surface area contributed by atoms with Crippen LogP contribution in [0.25, 0.3) is 0 Å². The minimum atomic E-state index is 0.733. The summed E-state index contributed by atoms with van der Waals surface area (Å²) in [7, 11) is 1.87. The standard InChI is InChI=1S/C8H14N4/c1-11-7(9)6-8(10-11)12-4-2-3-5-12/h6H,2-5,9H2,1H3. The highest BCUT2D eigenvalue weighted by Crippen LogP contribution is 2.19. The van der Waals surface area contributed by atoms with Crippen LogP contribution in [-0.4, -0.2) is 22.9 Å². The normalized spacial score (nSPS) is 17.2. The number of rotatable bonds is 1. The van der Waals surface area contributed by atoms with E-state index < -0.39 is 0 Å². The van der Waals surface area contributed by atoms with Crippen molar-refractivity contribution in [3.05, 3.63) is 6.07 Å². The van der Waals surface area contributed by atoms with E-state index in [1.165, 1.54) is 12.8 Å². The zero-order valence-electron chi connectivity index (χ0n) is 7.32. The second-order valence-corrected chi connectivity index (χ2v) is 3.25. The highest BCUT2D eigenvalue weighted by molar-refractivity contribution is 5.48. The lowest BCUT2D eigenvalue weighted by Gasteiger charge is -2.12. The Balaban J connectivity index is 2.21. The molecule has 0 atom stereocenters. The van der Waals surface area contributed by atoms with E-state index in [1.807, 2.05) is 13.1 Å². The number of nitrogens with two attached hydrogens (primary N) is 1. The quantitative estimate of drug-likeness (QED) is 0.664. The summed E-state index contributed by atoms with van der Waals surface area (Å²) in [5.41, 5.74) is 5.68. The van der Waals surface area contributed by atoms with Crippen molar-refractivity contribution in [3.8, 4) is 0 Å². The third-order valence-electron chi connectivity index (χ3n) is 2.33. The molecule has 0 unspecified atom stereocenters. The van der Waals surface area contributed by atoms with Gasteiger partial charge in [0.25, 0.3) is 0 Å². The molecule has 0 saturated carbocycles. The van der Waals surface area contributed by atoms with Crippen molar-refractivity contribution in [2.75, 3.05) is 23.7 Å². The zero-order chi connectivity index (χ0) is 8.55. The van der Waals surface area contributed by atoms with Crippen LogP contribution < -0.4 is 10.6 Å². The van der Waals surface area contributed by atoms with E-state index in [4.69, 9.17) is 5.73 Å². The largest absolute Gasteiger partial charge is 0.384 e. The maximum atomic E-state index is 5.68. The molecule has 1 aromatic heterocycles. The first kappa shape index (κ1) is 7.46. The molecule has 0 aromatic carbocycles. The summed E-state index contributed by atoms with van der Waals surface area (Å²) < 4.78 is 1.72. The number of hydrogen-bond acceptors (Lipinski definition) is 3. The van der Waals surface area contributed by atoms with Gasteiger partial charge in [-0.15, -0.1) is 0 Å². The molecular formula is C8H14N4. The van der Waals surface area contributed by atoms with E-state index in [2.05, 4.69) is 10.00 Å². The number of aromatic nitrogens is 2. The van der Waals surface area contributed by atoms with Gasteiger partial charge in [-0.1, -0.05) is 0 Å². The number of aryl methyl sites for hydroxylation is 1. The Morgan fingerprint density at radius 1 is 1.42 bits per heavy atom. The smallest absolute Gasteiger partial charge is 0.152 e. The average molecular weight is 166 g/mol. The van der Waals surface area contributed by atoms with Crippen LogP contribution in [0.4, 0.5) is 11.6 Å². The second-order valence-electron chi connectivity index (χ2n) is 3.25. The number of hydrogen-bond donors (Lipinski definition) is 1. The Bertz CT molecular complexity index is 253. The molecule has 0 aliphatic carbocycles. The first-order valence-corrected chi connectivity index (χ1v) is 4.32. The van der Waals surface area contributed by atoms with Gasteiger partial charge >= 0.3 is 0 Å². The molecule has 0 radical (unpaired) electrons. The van der Waals surface area contributed by atoms with Gasteiger partial charge in [0.1, 0.15) is 5.82 Å². The highest BCUT2D eigenvalue weighted by atomic mass is 15.4. The van der Waals surface area contributed by atoms with Crippen LogP contribution in [0.15, 0.2) is 6.07 Å². The fraction of sp³-hybridized carbons (Fsp3) is 0.625. The van der Waals surface area contributed by atoms with Crippen molar-refractivity contribution in [1.82, 2.24) is 9.78 Å². The van der Waals surface area contributed by atoms with E-state index in [0.717, 1.165) is 24.7 Å². The molecule has 1 aliphatic rings. The molecular weight excluding hydrogens is 152 g/mol. The molecule has 12 heavy (non-hydrogen) atoms. The summed E-state index contributed by atoms with van der Waals surface area (Å²) in [6.07, 6.45) is 2.55. The Labute approximate surface area is 72.0 Å². The monoisotopic (exact) mass is 166 g/mol. The third-order valence-corrected chi connectivity index (χ3v) is 2.33. The molecule has 4 heteroatoms. The fourth-order valence-corrected chi connectivity index (χ4v) is 1.57. The molecule has 1 aliphatic heterocycles. The summed E-state index contributed by atoms with van der Waals surface area (Å²) >= 11 is 0. The lowest BCUT2D eigenvalue weighted by molar-refractivity contribution is 0.764. The van der Waals surface area contributed by atoms with Gasteiger partial charge in [0, 0.05) is 26.2 Å². The summed E-state index contributed by atoms with van der Waals surface area (Å²) in [4.78, 5) is 2.27. The molecule has 1 aromatic rings. The number of anilines is 2. The molecule has 2 rings (SSSR count). The van der Waals surface area contributed by atoms with Crippen LogP contribution in [0.3, 0.4) is 0 Å². The average Bonchev–Trinajstić information content (AvgIpc) is 2.61. The van der Waals surface area contributed by atoms with Crippen molar-refractivity contribution in [1.29, 1.82) is 0 Å². The summed E-state index contributed by atoms with van der Waals surface area (Å²) in [5, 5.41) is 4.31. The summed E-state index contributed by atoms with van der Waals surface area (Å²) in [6.45, 7) is 2.24. The van der Waals surface area contributed by atoms with Crippen molar-refractivity contribution in [2.24, 2.45) is 7.05 Å². The van der Waals surface area contributed by atoms with Crippen LogP contribution in [0.1, 0.15) is 12.8 Å². The lowest BCUT2D eigenvalue weighted by atomic mass is 10.4. The SMILES string of the molecule is Cn1nc(N2CCCC2)cc1N. The second kappa shape index (κ2) is 2.69. The Morgan fingerprint density at radius 2 is 2.08 bits per heavy atom. The van der Waals surface area contributed by atoms with Crippen LogP contribution in [-0.2, 0) is 7.05 Å². The molecule has 4 nitrogen and oxygen atoms in total. The van der Waals surface area contributed by atoms with Crippen LogP contribution in [0.2, 0.25) is 0 Å². The van der Waals surface area contributed by atoms with Crippen molar-refractivity contribution < 1.29 is 0 Å². The van der Waals surface area contributed by atoms with E-state index in [9.17, 15) is 0 Å². The zero-order valence-corrected chi connectivity index (χ0v) is 7.32. The van der Waals surface area contributed by atoms with Gasteiger partial charge in [-0.2, -0.15) is 5.10 Å². The molecule has 1 saturated heterocycles. The van der Waals surface area contributed by atoms with Gasteiger partial charge in [-0.05, 0) is 12.8 Å². The fourth-order valence-electron chi connectivity index (χ4n) is 1.57. The van der Waals surface area contributed by atoms with Gasteiger partial charge < -0.3 is 10.6 Å². The highest BCUT2D eigenvalue weighted by Gasteiger charge is 2.15. The van der Waals surface area contributed by atoms with Crippen molar-refractivity contribution >= 4 is 11.6 Å². The number of nitrogens with zero attached hydrogens (tertiary/aromatic N) is 3. The van der Waals surface area contributed by atoms with Gasteiger partial charge in [-0.3, -0.25) is 4.68 Å². The van der Waals surface area contributed by atoms with Gasteiger partial charge in [0.15, 0.2) is 5.82 Å². The van der Waals surface area contributed by atoms with Gasteiger partial charge in [0.05, 0.1) is 0 Å². The molecule has 66 valence electrons. The molecule has 2 heterocycles. The minimum Gasteiger partial charge on any atom is -0.384 e. The van der Waals surface area contributed by atoms with Crippen molar-refractivity contribution in [2.45, 2.75) is 12.8 Å². The first-order valence-electron chi connectivity index (χ1n) is 4.32. The topological polar surface area (TPSA) is 47.1 Å². The third kappa shape index (κ3) is 1.13. The number of nitrogen functional groups attached to an aromatic ring is 1. The van der Waals surface area contributed by atoms with E-state index >= 15 is 0 Å². The predicted molar refractivity (Wildman–Crippen MR) is 49.1 cm³/mol. The Kier molecular flexibility index (Phi) is 1.67. The van der Waals surface area contributed by atoms with Gasteiger partial charge in [0.2, 0.25) is 0 Å². The van der Waals surface area contributed by atoms with Crippen LogP contribution in [0.5, 0.6) is 0 Å². The summed E-state index contributed by atoms with van der Waals surface area (Å²) in [5.74, 6) is 1.75. The maximum Gasteiger partial charge on any atom is 0.152 e. The molecule has 0 spiro atoms. The van der Waals surface area contributed by atoms with Crippen LogP contribution >= 0.6 is 0 Å². The van der Waals surface area contributed by atoms with E-state index in [0.29, 0.717) is 0 Å². The maximum absolute atomic E-state index is 5.68.